The second-order valence-electron chi connectivity index (χ2n) is 11.6. The molecule has 7 nitrogen and oxygen atoms in total. The van der Waals surface area contributed by atoms with Crippen LogP contribution >= 0.6 is 11.3 Å². The lowest BCUT2D eigenvalue weighted by atomic mass is 9.73. The van der Waals surface area contributed by atoms with Gasteiger partial charge >= 0.3 is 0 Å². The Kier molecular flexibility index (Phi) is 11.0. The standard InChI is InChI=1S/C29H50N4O3S/c1-8-21(5)26(31-28(35)29-16-10-12-23(33(29)7)13-11-17-29)27(34)32(6)24(20(3)4)14-15-25-30-22(19-37-25)18-36-9-2/h19-21,23-24,26H,8-18H2,1-7H3,(H,31,35)/t21-,23?,24+,26-,29?/m0/s1. The smallest absolute Gasteiger partial charge is 0.245 e. The Bertz CT molecular complexity index is 878. The van der Waals surface area contributed by atoms with E-state index in [1.807, 2.05) is 18.9 Å². The van der Waals surface area contributed by atoms with Crippen molar-refractivity contribution in [2.75, 3.05) is 20.7 Å². The molecule has 2 bridgehead atoms. The lowest BCUT2D eigenvalue weighted by molar-refractivity contribution is -0.147. The molecular weight excluding hydrogens is 484 g/mol. The summed E-state index contributed by atoms with van der Waals surface area (Å²) in [6, 6.07) is 0.0511. The third kappa shape index (κ3) is 6.93. The fourth-order valence-electron chi connectivity index (χ4n) is 6.33. The molecule has 3 atom stereocenters. The summed E-state index contributed by atoms with van der Waals surface area (Å²) in [6.07, 6.45) is 8.79. The Balaban J connectivity index is 1.70. The molecule has 37 heavy (non-hydrogen) atoms. The molecule has 3 rings (SSSR count). The first-order valence-electron chi connectivity index (χ1n) is 14.5. The van der Waals surface area contributed by atoms with Gasteiger partial charge in [0.1, 0.15) is 11.6 Å². The molecule has 3 heterocycles. The molecule has 1 aromatic rings. The van der Waals surface area contributed by atoms with Gasteiger partial charge in [0.2, 0.25) is 11.8 Å². The summed E-state index contributed by atoms with van der Waals surface area (Å²) >= 11 is 1.66. The van der Waals surface area contributed by atoms with E-state index in [4.69, 9.17) is 9.72 Å². The van der Waals surface area contributed by atoms with Gasteiger partial charge in [-0.3, -0.25) is 14.5 Å². The highest BCUT2D eigenvalue weighted by atomic mass is 32.1. The van der Waals surface area contributed by atoms with E-state index in [0.29, 0.717) is 25.2 Å². The molecule has 2 amide bonds. The average Bonchev–Trinajstić information content (AvgIpc) is 3.32. The van der Waals surface area contributed by atoms with Crippen molar-refractivity contribution in [3.63, 3.8) is 0 Å². The predicted octanol–water partition coefficient (Wildman–Crippen LogP) is 5.03. The van der Waals surface area contributed by atoms with Crippen molar-refractivity contribution in [3.05, 3.63) is 16.1 Å². The van der Waals surface area contributed by atoms with E-state index in [1.54, 1.807) is 11.3 Å². The van der Waals surface area contributed by atoms with E-state index >= 15 is 0 Å². The summed E-state index contributed by atoms with van der Waals surface area (Å²) in [7, 11) is 4.03. The molecule has 2 aliphatic heterocycles. The van der Waals surface area contributed by atoms with Gasteiger partial charge in [0, 0.05) is 37.5 Å². The van der Waals surface area contributed by atoms with E-state index < -0.39 is 11.6 Å². The zero-order valence-corrected chi connectivity index (χ0v) is 25.0. The number of carbonyl (C=O) groups is 2. The number of aromatic nitrogens is 1. The molecule has 2 aliphatic rings. The Morgan fingerprint density at radius 3 is 2.51 bits per heavy atom. The van der Waals surface area contributed by atoms with E-state index in [0.717, 1.165) is 55.6 Å². The molecule has 1 N–H and O–H groups in total. The number of fused-ring (bicyclic) bond motifs is 2. The normalized spacial score (nSPS) is 24.5. The number of piperidine rings is 2. The van der Waals surface area contributed by atoms with Crippen LogP contribution in [-0.2, 0) is 27.4 Å². The number of carbonyl (C=O) groups excluding carboxylic acids is 2. The average molecular weight is 535 g/mol. The molecule has 210 valence electrons. The molecule has 0 radical (unpaired) electrons. The quantitative estimate of drug-likeness (QED) is 0.384. The van der Waals surface area contributed by atoms with Crippen molar-refractivity contribution >= 4 is 23.2 Å². The van der Waals surface area contributed by atoms with Gasteiger partial charge in [-0.25, -0.2) is 4.98 Å². The number of thiazole rings is 1. The van der Waals surface area contributed by atoms with Crippen molar-refractivity contribution < 1.29 is 14.3 Å². The van der Waals surface area contributed by atoms with Crippen LogP contribution in [0.4, 0.5) is 0 Å². The molecular formula is C29H50N4O3S. The molecule has 2 fully saturated rings. The van der Waals surface area contributed by atoms with Gasteiger partial charge in [0.15, 0.2) is 0 Å². The monoisotopic (exact) mass is 534 g/mol. The lowest BCUT2D eigenvalue weighted by Gasteiger charge is -2.52. The Morgan fingerprint density at radius 2 is 1.92 bits per heavy atom. The van der Waals surface area contributed by atoms with Gasteiger partial charge in [-0.05, 0) is 70.8 Å². The number of aryl methyl sites for hydroxylation is 1. The summed E-state index contributed by atoms with van der Waals surface area (Å²) in [6.45, 7) is 11.7. The van der Waals surface area contributed by atoms with Crippen molar-refractivity contribution in [1.82, 2.24) is 20.1 Å². The van der Waals surface area contributed by atoms with Gasteiger partial charge in [0.05, 0.1) is 17.3 Å². The SMILES string of the molecule is CCOCc1csc(CC[C@H](C(C)C)N(C)C(=O)[C@@H](NC(=O)C23CCCC(CCC2)N3C)[C@@H](C)CC)n1. The Morgan fingerprint density at radius 1 is 1.24 bits per heavy atom. The third-order valence-corrected chi connectivity index (χ3v) is 9.95. The van der Waals surface area contributed by atoms with Crippen molar-refractivity contribution in [2.45, 2.75) is 123 Å². The molecule has 0 aliphatic carbocycles. The Labute approximate surface area is 228 Å². The van der Waals surface area contributed by atoms with Crippen molar-refractivity contribution in [2.24, 2.45) is 11.8 Å². The number of nitrogens with one attached hydrogen (secondary N) is 1. The molecule has 2 saturated heterocycles. The highest BCUT2D eigenvalue weighted by Gasteiger charge is 2.50. The summed E-state index contributed by atoms with van der Waals surface area (Å²) in [5.41, 5.74) is 0.511. The predicted molar refractivity (Wildman–Crippen MR) is 151 cm³/mol. The van der Waals surface area contributed by atoms with E-state index in [9.17, 15) is 9.59 Å². The number of hydrogen-bond donors (Lipinski definition) is 1. The zero-order chi connectivity index (χ0) is 27.2. The van der Waals surface area contributed by atoms with Crippen LogP contribution in [0.25, 0.3) is 0 Å². The number of likely N-dealkylation sites (N-methyl/N-ethyl adjacent to an activating group) is 2. The molecule has 1 aromatic heterocycles. The van der Waals surface area contributed by atoms with Crippen LogP contribution in [0, 0.1) is 11.8 Å². The summed E-state index contributed by atoms with van der Waals surface area (Å²) in [5.74, 6) is 0.445. The van der Waals surface area contributed by atoms with Gasteiger partial charge < -0.3 is 15.0 Å². The lowest BCUT2D eigenvalue weighted by Crippen LogP contribution is -2.67. The van der Waals surface area contributed by atoms with Crippen LogP contribution in [0.15, 0.2) is 5.38 Å². The number of rotatable bonds is 13. The minimum Gasteiger partial charge on any atom is -0.375 e. The second kappa shape index (κ2) is 13.5. The second-order valence-corrected chi connectivity index (χ2v) is 12.5. The maximum Gasteiger partial charge on any atom is 0.245 e. The van der Waals surface area contributed by atoms with Gasteiger partial charge in [-0.1, -0.05) is 34.1 Å². The van der Waals surface area contributed by atoms with Crippen molar-refractivity contribution in [1.29, 1.82) is 0 Å². The topological polar surface area (TPSA) is 74.8 Å². The highest BCUT2D eigenvalue weighted by Crippen LogP contribution is 2.41. The number of ether oxygens (including phenoxy) is 1. The van der Waals surface area contributed by atoms with Crippen LogP contribution in [0.5, 0.6) is 0 Å². The molecule has 0 aromatic carbocycles. The molecule has 0 spiro atoms. The largest absolute Gasteiger partial charge is 0.375 e. The minimum absolute atomic E-state index is 0.0276. The first-order chi connectivity index (χ1) is 17.6. The summed E-state index contributed by atoms with van der Waals surface area (Å²) in [4.78, 5) is 36.8. The summed E-state index contributed by atoms with van der Waals surface area (Å²) in [5, 5.41) is 6.44. The fourth-order valence-corrected chi connectivity index (χ4v) is 7.13. The Hall–Kier alpha value is -1.51. The molecule has 8 heteroatoms. The number of hydrogen-bond acceptors (Lipinski definition) is 6. The minimum atomic E-state index is -0.508. The fraction of sp³-hybridized carbons (Fsp3) is 0.828. The van der Waals surface area contributed by atoms with Gasteiger partial charge in [-0.2, -0.15) is 0 Å². The van der Waals surface area contributed by atoms with E-state index in [2.05, 4.69) is 50.3 Å². The van der Waals surface area contributed by atoms with Crippen LogP contribution < -0.4 is 5.32 Å². The first-order valence-corrected chi connectivity index (χ1v) is 15.3. The molecule has 0 unspecified atom stereocenters. The zero-order valence-electron chi connectivity index (χ0n) is 24.2. The highest BCUT2D eigenvalue weighted by molar-refractivity contribution is 7.09. The maximum absolute atomic E-state index is 14.0. The van der Waals surface area contributed by atoms with Gasteiger partial charge in [-0.15, -0.1) is 11.3 Å². The van der Waals surface area contributed by atoms with Crippen LogP contribution in [-0.4, -0.2) is 71.0 Å². The van der Waals surface area contributed by atoms with Crippen LogP contribution in [0.2, 0.25) is 0 Å². The van der Waals surface area contributed by atoms with Crippen LogP contribution in [0.3, 0.4) is 0 Å². The first kappa shape index (κ1) is 30.0. The van der Waals surface area contributed by atoms with Crippen molar-refractivity contribution in [3.8, 4) is 0 Å². The van der Waals surface area contributed by atoms with Gasteiger partial charge in [0.25, 0.3) is 0 Å². The van der Waals surface area contributed by atoms with E-state index in [1.165, 1.54) is 12.8 Å². The maximum atomic E-state index is 14.0. The molecule has 0 saturated carbocycles. The number of nitrogens with zero attached hydrogens (tertiary/aromatic N) is 3. The van der Waals surface area contributed by atoms with Crippen LogP contribution in [0.1, 0.15) is 96.7 Å². The number of amides is 2. The summed E-state index contributed by atoms with van der Waals surface area (Å²) < 4.78 is 5.49. The third-order valence-electron chi connectivity index (χ3n) is 8.99. The van der Waals surface area contributed by atoms with E-state index in [-0.39, 0.29) is 23.8 Å².